The summed E-state index contributed by atoms with van der Waals surface area (Å²) in [7, 11) is 1.48. The van der Waals surface area contributed by atoms with E-state index >= 15 is 0 Å². The first kappa shape index (κ1) is 14.1. The molecule has 1 fully saturated rings. The molecule has 0 atom stereocenters. The third kappa shape index (κ3) is 3.09. The monoisotopic (exact) mass is 286 g/mol. The number of hydrogen-bond acceptors (Lipinski definition) is 3. The highest BCUT2D eigenvalue weighted by Gasteiger charge is 2.26. The molecule has 0 amide bonds. The van der Waals surface area contributed by atoms with Crippen molar-refractivity contribution < 1.29 is 9.53 Å². The molecule has 3 rings (SSSR count). The number of aromatic nitrogens is 2. The minimum absolute atomic E-state index is 0.0382. The number of ether oxygens (including phenoxy) is 1. The zero-order valence-corrected chi connectivity index (χ0v) is 12.7. The van der Waals surface area contributed by atoms with Gasteiger partial charge < -0.3 is 9.14 Å². The Morgan fingerprint density at radius 1 is 1.29 bits per heavy atom. The third-order valence-electron chi connectivity index (χ3n) is 4.54. The second-order valence-electron chi connectivity index (χ2n) is 6.13. The number of carbonyl (C=O) groups is 1. The number of pyridine rings is 1. The van der Waals surface area contributed by atoms with E-state index in [0.29, 0.717) is 5.92 Å². The first-order valence-corrected chi connectivity index (χ1v) is 7.68. The molecule has 0 saturated heterocycles. The van der Waals surface area contributed by atoms with Gasteiger partial charge in [-0.15, -0.1) is 0 Å². The lowest BCUT2D eigenvalue weighted by atomic mass is 9.79. The van der Waals surface area contributed by atoms with Gasteiger partial charge in [0.1, 0.15) is 5.65 Å². The number of nitrogens with zero attached hydrogens (tertiary/aromatic N) is 2. The van der Waals surface area contributed by atoms with E-state index in [4.69, 9.17) is 4.74 Å². The molecule has 0 N–H and O–H groups in total. The molecule has 2 aromatic heterocycles. The van der Waals surface area contributed by atoms with Crippen molar-refractivity contribution in [1.29, 1.82) is 0 Å². The first-order chi connectivity index (χ1) is 10.2. The van der Waals surface area contributed by atoms with E-state index in [1.165, 1.54) is 12.7 Å². The predicted molar refractivity (Wildman–Crippen MR) is 81.1 cm³/mol. The van der Waals surface area contributed by atoms with Crippen molar-refractivity contribution >= 4 is 11.6 Å². The summed E-state index contributed by atoms with van der Waals surface area (Å²) < 4.78 is 6.95. The van der Waals surface area contributed by atoms with E-state index in [-0.39, 0.29) is 11.9 Å². The van der Waals surface area contributed by atoms with Crippen molar-refractivity contribution in [3.8, 4) is 0 Å². The first-order valence-electron chi connectivity index (χ1n) is 7.68. The van der Waals surface area contributed by atoms with Crippen molar-refractivity contribution in [3.63, 3.8) is 0 Å². The van der Waals surface area contributed by atoms with Crippen molar-refractivity contribution in [1.82, 2.24) is 9.38 Å². The molecule has 21 heavy (non-hydrogen) atoms. The largest absolute Gasteiger partial charge is 0.469 e. The van der Waals surface area contributed by atoms with Crippen LogP contribution < -0.4 is 0 Å². The quantitative estimate of drug-likeness (QED) is 0.814. The number of fused-ring (bicyclic) bond motifs is 1. The Kier molecular flexibility index (Phi) is 3.95. The van der Waals surface area contributed by atoms with Crippen LogP contribution in [0.2, 0.25) is 0 Å². The molecule has 2 aromatic rings. The topological polar surface area (TPSA) is 43.6 Å². The van der Waals surface area contributed by atoms with Crippen LogP contribution in [0.4, 0.5) is 0 Å². The van der Waals surface area contributed by atoms with Crippen LogP contribution in [0.5, 0.6) is 0 Å². The van der Waals surface area contributed by atoms with Crippen molar-refractivity contribution in [2.24, 2.45) is 11.8 Å². The van der Waals surface area contributed by atoms with E-state index in [1.54, 1.807) is 0 Å². The maximum atomic E-state index is 11.5. The number of rotatable bonds is 3. The van der Waals surface area contributed by atoms with Gasteiger partial charge in [-0.1, -0.05) is 6.07 Å². The van der Waals surface area contributed by atoms with Gasteiger partial charge in [0, 0.05) is 12.4 Å². The smallest absolute Gasteiger partial charge is 0.308 e. The number of esters is 1. The van der Waals surface area contributed by atoms with Gasteiger partial charge in [0.05, 0.1) is 18.7 Å². The van der Waals surface area contributed by atoms with Crippen LogP contribution in [-0.4, -0.2) is 22.5 Å². The highest BCUT2D eigenvalue weighted by Crippen LogP contribution is 2.31. The van der Waals surface area contributed by atoms with Gasteiger partial charge in [-0.25, -0.2) is 4.98 Å². The van der Waals surface area contributed by atoms with Crippen LogP contribution in [0.15, 0.2) is 24.5 Å². The molecule has 1 aliphatic carbocycles. The molecule has 0 aromatic carbocycles. The molecule has 112 valence electrons. The molecule has 4 nitrogen and oxygen atoms in total. The Balaban J connectivity index is 1.62. The zero-order valence-electron chi connectivity index (χ0n) is 12.7. The summed E-state index contributed by atoms with van der Waals surface area (Å²) >= 11 is 0. The molecular formula is C17H22N2O2. The summed E-state index contributed by atoms with van der Waals surface area (Å²) in [6, 6.07) is 4.26. The normalized spacial score (nSPS) is 22.4. The van der Waals surface area contributed by atoms with E-state index in [1.807, 2.05) is 6.92 Å². The maximum absolute atomic E-state index is 11.5. The lowest BCUT2D eigenvalue weighted by Crippen LogP contribution is -2.23. The standard InChI is InChI=1S/C17H22N2O2/c1-12-10-19-11-14(5-8-16(19)18-12)9-13-3-6-15(7-4-13)17(20)21-2/h5,8,10-11,13,15H,3-4,6-7,9H2,1-2H3. The van der Waals surface area contributed by atoms with Gasteiger partial charge in [0.2, 0.25) is 0 Å². The molecule has 0 aliphatic heterocycles. The van der Waals surface area contributed by atoms with Gasteiger partial charge in [0.25, 0.3) is 0 Å². The Morgan fingerprint density at radius 2 is 2.05 bits per heavy atom. The Morgan fingerprint density at radius 3 is 2.76 bits per heavy atom. The van der Waals surface area contributed by atoms with Gasteiger partial charge in [0.15, 0.2) is 0 Å². The Hall–Kier alpha value is -1.84. The molecule has 0 radical (unpaired) electrons. The van der Waals surface area contributed by atoms with Crippen LogP contribution in [0.3, 0.4) is 0 Å². The highest BCUT2D eigenvalue weighted by atomic mass is 16.5. The molecule has 0 unspecified atom stereocenters. The number of carbonyl (C=O) groups excluding carboxylic acids is 1. The van der Waals surface area contributed by atoms with Gasteiger partial charge in [-0.05, 0) is 56.6 Å². The van der Waals surface area contributed by atoms with Crippen LogP contribution in [0.25, 0.3) is 5.65 Å². The molecule has 0 bridgehead atoms. The van der Waals surface area contributed by atoms with Gasteiger partial charge >= 0.3 is 5.97 Å². The van der Waals surface area contributed by atoms with Crippen molar-refractivity contribution in [2.75, 3.05) is 7.11 Å². The molecule has 1 saturated carbocycles. The van der Waals surface area contributed by atoms with Crippen LogP contribution in [0, 0.1) is 18.8 Å². The number of imidazole rings is 1. The average Bonchev–Trinajstić information content (AvgIpc) is 2.86. The molecular weight excluding hydrogens is 264 g/mol. The zero-order chi connectivity index (χ0) is 14.8. The van der Waals surface area contributed by atoms with Crippen LogP contribution in [0.1, 0.15) is 36.9 Å². The fraction of sp³-hybridized carbons (Fsp3) is 0.529. The molecule has 4 heteroatoms. The van der Waals surface area contributed by atoms with Crippen LogP contribution >= 0.6 is 0 Å². The summed E-state index contributed by atoms with van der Waals surface area (Å²) in [6.45, 7) is 2.01. The number of methoxy groups -OCH3 is 1. The third-order valence-corrected chi connectivity index (χ3v) is 4.54. The highest BCUT2D eigenvalue weighted by molar-refractivity contribution is 5.72. The second-order valence-corrected chi connectivity index (χ2v) is 6.13. The molecule has 1 aliphatic rings. The van der Waals surface area contributed by atoms with E-state index in [9.17, 15) is 4.79 Å². The SMILES string of the molecule is COC(=O)C1CCC(Cc2ccc3nc(C)cn3c2)CC1. The average molecular weight is 286 g/mol. The van der Waals surface area contributed by atoms with Crippen molar-refractivity contribution in [2.45, 2.75) is 39.0 Å². The minimum Gasteiger partial charge on any atom is -0.469 e. The second kappa shape index (κ2) is 5.88. The lowest BCUT2D eigenvalue weighted by Gasteiger charge is -2.26. The fourth-order valence-corrected chi connectivity index (χ4v) is 3.39. The van der Waals surface area contributed by atoms with Gasteiger partial charge in [-0.3, -0.25) is 4.79 Å². The van der Waals surface area contributed by atoms with E-state index in [0.717, 1.165) is 43.4 Å². The molecule has 2 heterocycles. The summed E-state index contributed by atoms with van der Waals surface area (Å²) in [5.41, 5.74) is 3.40. The summed E-state index contributed by atoms with van der Waals surface area (Å²) in [5, 5.41) is 0. The minimum atomic E-state index is -0.0382. The Labute approximate surface area is 125 Å². The summed E-state index contributed by atoms with van der Waals surface area (Å²) in [6.07, 6.45) is 9.48. The fourth-order valence-electron chi connectivity index (χ4n) is 3.39. The molecule has 0 spiro atoms. The van der Waals surface area contributed by atoms with Crippen LogP contribution in [-0.2, 0) is 16.0 Å². The van der Waals surface area contributed by atoms with Crippen molar-refractivity contribution in [3.05, 3.63) is 35.8 Å². The summed E-state index contributed by atoms with van der Waals surface area (Å²) in [5.74, 6) is 0.752. The number of aryl methyl sites for hydroxylation is 1. The number of hydrogen-bond donors (Lipinski definition) is 0. The summed E-state index contributed by atoms with van der Waals surface area (Å²) in [4.78, 5) is 16.0. The van der Waals surface area contributed by atoms with E-state index in [2.05, 4.69) is 33.9 Å². The maximum Gasteiger partial charge on any atom is 0.308 e. The van der Waals surface area contributed by atoms with E-state index < -0.39 is 0 Å². The lowest BCUT2D eigenvalue weighted by molar-refractivity contribution is -0.146. The predicted octanol–water partition coefficient (Wildman–Crippen LogP) is 3.16. The Bertz CT molecular complexity index is 639. The van der Waals surface area contributed by atoms with Gasteiger partial charge in [-0.2, -0.15) is 0 Å².